The minimum atomic E-state index is -0.971. The van der Waals surface area contributed by atoms with Crippen molar-refractivity contribution in [3.05, 3.63) is 81.5 Å². The first-order valence-electron chi connectivity index (χ1n) is 10.9. The van der Waals surface area contributed by atoms with Gasteiger partial charge >= 0.3 is 11.7 Å². The summed E-state index contributed by atoms with van der Waals surface area (Å²) in [5, 5.41) is 9.46. The van der Waals surface area contributed by atoms with Crippen molar-refractivity contribution in [1.82, 2.24) is 9.13 Å². The Morgan fingerprint density at radius 2 is 1.72 bits per heavy atom. The van der Waals surface area contributed by atoms with Gasteiger partial charge in [-0.25, -0.2) is 9.59 Å². The van der Waals surface area contributed by atoms with E-state index in [1.165, 1.54) is 0 Å². The van der Waals surface area contributed by atoms with E-state index >= 15 is 0 Å². The molecule has 1 N–H and O–H groups in total. The molecule has 0 atom stereocenters. The number of hydrogen-bond donors (Lipinski definition) is 1. The van der Waals surface area contributed by atoms with Gasteiger partial charge in [0, 0.05) is 5.54 Å². The zero-order valence-corrected chi connectivity index (χ0v) is 19.1. The van der Waals surface area contributed by atoms with Crippen LogP contribution in [0.2, 0.25) is 0 Å². The Morgan fingerprint density at radius 1 is 1.06 bits per heavy atom. The first-order chi connectivity index (χ1) is 15.2. The molecule has 168 valence electrons. The number of rotatable bonds is 8. The Bertz CT molecular complexity index is 1180. The monoisotopic (exact) mass is 434 g/mol. The molecule has 0 bridgehead atoms. The van der Waals surface area contributed by atoms with Crippen LogP contribution in [-0.4, -0.2) is 26.5 Å². The molecular formula is C26H30N2O4. The van der Waals surface area contributed by atoms with Crippen LogP contribution in [0.4, 0.5) is 0 Å². The fraction of sp³-hybridized carbons (Fsp3) is 0.346. The molecule has 0 saturated heterocycles. The van der Waals surface area contributed by atoms with Crippen LogP contribution < -0.4 is 5.69 Å². The van der Waals surface area contributed by atoms with E-state index in [-0.39, 0.29) is 11.3 Å². The Labute approximate surface area is 188 Å². The quantitative estimate of drug-likeness (QED) is 0.507. The zero-order chi connectivity index (χ0) is 23.5. The number of carboxylic acids is 1. The molecule has 1 heterocycles. The third-order valence-electron chi connectivity index (χ3n) is 5.60. The van der Waals surface area contributed by atoms with Crippen LogP contribution in [0.1, 0.15) is 72.6 Å². The number of carbonyl (C=O) groups excluding carboxylic acids is 1. The molecule has 0 spiro atoms. The van der Waals surface area contributed by atoms with E-state index in [4.69, 9.17) is 0 Å². The predicted octanol–water partition coefficient (Wildman–Crippen LogP) is 4.97. The molecule has 0 unspecified atom stereocenters. The van der Waals surface area contributed by atoms with Crippen molar-refractivity contribution in [2.24, 2.45) is 0 Å². The molecule has 0 aliphatic rings. The number of hydrogen-bond acceptors (Lipinski definition) is 3. The summed E-state index contributed by atoms with van der Waals surface area (Å²) >= 11 is 0. The van der Waals surface area contributed by atoms with Crippen LogP contribution in [-0.2, 0) is 18.5 Å². The number of aromatic nitrogens is 2. The van der Waals surface area contributed by atoms with Gasteiger partial charge in [-0.2, -0.15) is 0 Å². The molecule has 0 fully saturated rings. The van der Waals surface area contributed by atoms with Gasteiger partial charge in [0.1, 0.15) is 5.69 Å². The third kappa shape index (κ3) is 4.59. The Hall–Kier alpha value is -3.41. The molecular weight excluding hydrogens is 404 g/mol. The molecule has 3 aromatic rings. The lowest BCUT2D eigenvalue weighted by Gasteiger charge is -2.21. The number of carboxylic acid groups (broad SMARTS) is 1. The molecule has 3 rings (SSSR count). The normalized spacial score (nSPS) is 11.5. The Balaban J connectivity index is 2.02. The van der Waals surface area contributed by atoms with Gasteiger partial charge in [0.05, 0.1) is 17.8 Å². The van der Waals surface area contributed by atoms with Gasteiger partial charge in [-0.15, -0.1) is 0 Å². The maximum atomic E-state index is 13.3. The minimum absolute atomic E-state index is 0.189. The van der Waals surface area contributed by atoms with E-state index in [1.807, 2.05) is 51.1 Å². The fourth-order valence-electron chi connectivity index (χ4n) is 4.04. The Morgan fingerprint density at radius 3 is 2.28 bits per heavy atom. The molecule has 0 amide bonds. The average Bonchev–Trinajstić information content (AvgIpc) is 3.03. The standard InChI is InChI=1S/C26H30N2O4/c1-5-6-11-22-23(17-29)28(26(2,3)4)25(32)27(22)16-18-12-14-19(15-13-18)20-9-7-8-10-21(20)24(30)31/h7-10,12-15,17H,5-6,11,16H2,1-4H3,(H,30,31). The number of unbranched alkanes of at least 4 members (excludes halogenated alkanes) is 1. The summed E-state index contributed by atoms with van der Waals surface area (Å²) in [5.74, 6) is -0.971. The van der Waals surface area contributed by atoms with Crippen LogP contribution in [0.15, 0.2) is 53.3 Å². The van der Waals surface area contributed by atoms with Crippen molar-refractivity contribution in [2.75, 3.05) is 0 Å². The predicted molar refractivity (Wildman–Crippen MR) is 126 cm³/mol. The third-order valence-corrected chi connectivity index (χ3v) is 5.60. The number of nitrogens with zero attached hydrogens (tertiary/aromatic N) is 2. The zero-order valence-electron chi connectivity index (χ0n) is 19.1. The minimum Gasteiger partial charge on any atom is -0.478 e. The summed E-state index contributed by atoms with van der Waals surface area (Å²) < 4.78 is 3.29. The second kappa shape index (κ2) is 9.39. The van der Waals surface area contributed by atoms with Gasteiger partial charge in [0.2, 0.25) is 0 Å². The van der Waals surface area contributed by atoms with Crippen LogP contribution in [0.5, 0.6) is 0 Å². The highest BCUT2D eigenvalue weighted by atomic mass is 16.4. The lowest BCUT2D eigenvalue weighted by Crippen LogP contribution is -2.36. The lowest BCUT2D eigenvalue weighted by molar-refractivity contribution is 0.0697. The van der Waals surface area contributed by atoms with E-state index in [0.29, 0.717) is 24.2 Å². The fourth-order valence-corrected chi connectivity index (χ4v) is 4.04. The van der Waals surface area contributed by atoms with E-state index < -0.39 is 11.5 Å². The second-order valence-corrected chi connectivity index (χ2v) is 8.98. The highest BCUT2D eigenvalue weighted by Gasteiger charge is 2.26. The first-order valence-corrected chi connectivity index (χ1v) is 10.9. The van der Waals surface area contributed by atoms with Gasteiger partial charge in [-0.1, -0.05) is 55.8 Å². The van der Waals surface area contributed by atoms with Crippen LogP contribution in [0.3, 0.4) is 0 Å². The van der Waals surface area contributed by atoms with Crippen molar-refractivity contribution in [3.63, 3.8) is 0 Å². The highest BCUT2D eigenvalue weighted by molar-refractivity contribution is 5.96. The maximum absolute atomic E-state index is 13.3. The number of carbonyl (C=O) groups is 2. The van der Waals surface area contributed by atoms with Gasteiger partial charge in [0.25, 0.3) is 0 Å². The van der Waals surface area contributed by atoms with Crippen molar-refractivity contribution >= 4 is 12.3 Å². The van der Waals surface area contributed by atoms with Crippen molar-refractivity contribution < 1.29 is 14.7 Å². The van der Waals surface area contributed by atoms with E-state index in [9.17, 15) is 19.5 Å². The van der Waals surface area contributed by atoms with Crippen molar-refractivity contribution in [3.8, 4) is 11.1 Å². The molecule has 2 aromatic carbocycles. The summed E-state index contributed by atoms with van der Waals surface area (Å²) in [6.07, 6.45) is 3.30. The smallest absolute Gasteiger partial charge is 0.336 e. The van der Waals surface area contributed by atoms with Crippen LogP contribution in [0.25, 0.3) is 11.1 Å². The molecule has 0 saturated carbocycles. The van der Waals surface area contributed by atoms with Crippen LogP contribution in [0, 0.1) is 0 Å². The lowest BCUT2D eigenvalue weighted by atomic mass is 9.99. The molecule has 6 heteroatoms. The molecule has 1 aromatic heterocycles. The van der Waals surface area contributed by atoms with Crippen molar-refractivity contribution in [2.45, 2.75) is 59.0 Å². The molecule has 0 aliphatic heterocycles. The van der Waals surface area contributed by atoms with Crippen molar-refractivity contribution in [1.29, 1.82) is 0 Å². The number of imidazole rings is 1. The van der Waals surface area contributed by atoms with E-state index in [2.05, 4.69) is 6.92 Å². The number of aldehydes is 1. The number of benzene rings is 2. The SMILES string of the molecule is CCCCc1c(C=O)n(C(C)(C)C)c(=O)n1Cc1ccc(-c2ccccc2C(=O)O)cc1. The summed E-state index contributed by atoms with van der Waals surface area (Å²) in [6.45, 7) is 8.19. The summed E-state index contributed by atoms with van der Waals surface area (Å²) in [6, 6.07) is 14.4. The van der Waals surface area contributed by atoms with Gasteiger partial charge in [-0.3, -0.25) is 13.9 Å². The van der Waals surface area contributed by atoms with Gasteiger partial charge in [-0.05, 0) is 56.4 Å². The highest BCUT2D eigenvalue weighted by Crippen LogP contribution is 2.25. The topological polar surface area (TPSA) is 81.3 Å². The molecule has 0 aliphatic carbocycles. The average molecular weight is 435 g/mol. The van der Waals surface area contributed by atoms with Gasteiger partial charge < -0.3 is 5.11 Å². The van der Waals surface area contributed by atoms with E-state index in [1.54, 1.807) is 27.3 Å². The Kier molecular flexibility index (Phi) is 6.82. The first kappa shape index (κ1) is 23.3. The maximum Gasteiger partial charge on any atom is 0.336 e. The summed E-state index contributed by atoms with van der Waals surface area (Å²) in [5.41, 5.74) is 3.11. The molecule has 32 heavy (non-hydrogen) atoms. The largest absolute Gasteiger partial charge is 0.478 e. The number of aromatic carboxylic acids is 1. The second-order valence-electron chi connectivity index (χ2n) is 8.98. The van der Waals surface area contributed by atoms with Crippen LogP contribution >= 0.6 is 0 Å². The van der Waals surface area contributed by atoms with Gasteiger partial charge in [0.15, 0.2) is 6.29 Å². The molecule has 0 radical (unpaired) electrons. The summed E-state index contributed by atoms with van der Waals surface area (Å²) in [7, 11) is 0. The summed E-state index contributed by atoms with van der Waals surface area (Å²) in [4.78, 5) is 36.8. The molecule has 6 nitrogen and oxygen atoms in total. The van der Waals surface area contributed by atoms with E-state index in [0.717, 1.165) is 35.9 Å².